The zero-order valence-electron chi connectivity index (χ0n) is 22.3. The molecule has 16 nitrogen and oxygen atoms in total. The summed E-state index contributed by atoms with van der Waals surface area (Å²) < 4.78 is 0. The zero-order valence-corrected chi connectivity index (χ0v) is 22.3. The minimum absolute atomic E-state index is 0. The number of nitrogens with one attached hydrogen (secondary N) is 2. The van der Waals surface area contributed by atoms with Crippen LogP contribution in [0, 0.1) is 0 Å². The van der Waals surface area contributed by atoms with E-state index in [4.69, 9.17) is 21.7 Å². The van der Waals surface area contributed by atoms with Crippen LogP contribution in [0.1, 0.15) is 55.4 Å². The van der Waals surface area contributed by atoms with Gasteiger partial charge < -0.3 is 43.3 Å². The fourth-order valence-electron chi connectivity index (χ4n) is 1.46. The molecule has 0 aliphatic carbocycles. The van der Waals surface area contributed by atoms with Crippen molar-refractivity contribution < 1.29 is 40.3 Å². The highest BCUT2D eigenvalue weighted by Crippen LogP contribution is 2.16. The van der Waals surface area contributed by atoms with Gasteiger partial charge >= 0.3 is 0 Å². The number of carbonyl (C=O) groups excluding carboxylic acids is 4. The second kappa shape index (κ2) is 16.6. The van der Waals surface area contributed by atoms with Crippen molar-refractivity contribution in [2.75, 3.05) is 26.3 Å². The van der Waals surface area contributed by atoms with E-state index in [1.165, 1.54) is 27.7 Å². The van der Waals surface area contributed by atoms with Gasteiger partial charge in [0, 0.05) is 13.1 Å². The van der Waals surface area contributed by atoms with Gasteiger partial charge in [-0.15, -0.1) is 0 Å². The number of amides is 4. The number of hydrogen-bond acceptors (Lipinski definition) is 10. The summed E-state index contributed by atoms with van der Waals surface area (Å²) >= 11 is 0. The highest BCUT2D eigenvalue weighted by Gasteiger charge is 2.32. The lowest BCUT2D eigenvalue weighted by atomic mass is 10.0. The molecule has 0 fully saturated rings. The smallest absolute Gasteiger partial charge is 0.249 e. The largest absolute Gasteiger partial charge is 0.412 e. The minimum Gasteiger partial charge on any atom is -0.412 e. The van der Waals surface area contributed by atoms with Gasteiger partial charge in [-0.25, -0.2) is 0 Å². The first-order valence-electron chi connectivity index (χ1n) is 10.5. The molecule has 0 heterocycles. The predicted octanol–water partition coefficient (Wildman–Crippen LogP) is -2.47. The number of primary amides is 2. The Bertz CT molecular complexity index is 718. The van der Waals surface area contributed by atoms with E-state index in [2.05, 4.69) is 31.1 Å². The highest BCUT2D eigenvalue weighted by molar-refractivity contribution is 5.87. The first kappa shape index (κ1) is 40.1. The van der Waals surface area contributed by atoms with Crippen molar-refractivity contribution >= 4 is 23.6 Å². The lowest BCUT2D eigenvalue weighted by molar-refractivity contribution is -0.127. The molecule has 0 radical (unpaired) electrons. The third-order valence-electron chi connectivity index (χ3n) is 4.21. The molecule has 0 saturated carbocycles. The highest BCUT2D eigenvalue weighted by atomic mass is 16.3. The molecule has 0 aromatic carbocycles. The van der Waals surface area contributed by atoms with Crippen LogP contribution in [0.4, 0.5) is 0 Å². The molecule has 0 aliphatic rings. The van der Waals surface area contributed by atoms with Gasteiger partial charge in [-0.3, -0.25) is 19.2 Å². The van der Waals surface area contributed by atoms with Crippen LogP contribution in [0.25, 0.3) is 0 Å². The standard InChI is InChI=1S/C12H24N4O4.C8H16N4O2.2H2O/c1-11(2,9(19)13-5-7-17)15-16-12(3,4)10(20)14-6-8-18;1-7(2,5(9)13)11-12-8(3,4)6(10)14;;/h17-18H,5-8H2,1-4H3,(H,13,19)(H,14,20);1-4H3,(H2,9,13)(H2,10,14);2*1H2. The number of carbonyl (C=O) groups is 4. The van der Waals surface area contributed by atoms with Crippen molar-refractivity contribution in [1.29, 1.82) is 0 Å². The maximum atomic E-state index is 11.8. The van der Waals surface area contributed by atoms with Crippen molar-refractivity contribution in [3.05, 3.63) is 0 Å². The molecule has 0 atom stereocenters. The van der Waals surface area contributed by atoms with Crippen LogP contribution in [0.15, 0.2) is 20.5 Å². The van der Waals surface area contributed by atoms with Crippen LogP contribution in [-0.4, -0.2) is 93.3 Å². The Balaban J connectivity index is -0.000000285. The molecule has 4 amide bonds. The number of aliphatic hydroxyl groups excluding tert-OH is 2. The Kier molecular flexibility index (Phi) is 18.5. The van der Waals surface area contributed by atoms with E-state index in [0.29, 0.717) is 0 Å². The Morgan fingerprint density at radius 2 is 0.806 bits per heavy atom. The molecule has 0 aromatic heterocycles. The van der Waals surface area contributed by atoms with Crippen LogP contribution in [0.5, 0.6) is 0 Å². The maximum absolute atomic E-state index is 11.8. The summed E-state index contributed by atoms with van der Waals surface area (Å²) in [6.07, 6.45) is 0. The molecule has 0 aromatic rings. The Morgan fingerprint density at radius 3 is 1.00 bits per heavy atom. The third kappa shape index (κ3) is 15.0. The molecule has 36 heavy (non-hydrogen) atoms. The normalized spacial score (nSPS) is 12.1. The molecular formula is C20H44N8O8. The monoisotopic (exact) mass is 524 g/mol. The van der Waals surface area contributed by atoms with Crippen molar-refractivity contribution in [3.8, 4) is 0 Å². The van der Waals surface area contributed by atoms with Crippen LogP contribution >= 0.6 is 0 Å². The molecule has 0 bridgehead atoms. The van der Waals surface area contributed by atoms with Gasteiger partial charge in [-0.05, 0) is 55.4 Å². The third-order valence-corrected chi connectivity index (χ3v) is 4.21. The van der Waals surface area contributed by atoms with Gasteiger partial charge in [0.15, 0.2) is 22.2 Å². The number of hydrogen-bond donors (Lipinski definition) is 6. The summed E-state index contributed by atoms with van der Waals surface area (Å²) in [6, 6.07) is 0. The molecular weight excluding hydrogens is 480 g/mol. The number of aliphatic hydroxyl groups is 2. The Hall–Kier alpha value is -3.08. The van der Waals surface area contributed by atoms with Gasteiger partial charge in [0.1, 0.15) is 0 Å². The van der Waals surface area contributed by atoms with Crippen molar-refractivity contribution in [3.63, 3.8) is 0 Å². The Labute approximate surface area is 211 Å². The lowest BCUT2D eigenvalue weighted by Crippen LogP contribution is -2.44. The van der Waals surface area contributed by atoms with E-state index in [-0.39, 0.29) is 49.1 Å². The topological polar surface area (TPSA) is 297 Å². The van der Waals surface area contributed by atoms with E-state index in [9.17, 15) is 19.2 Å². The van der Waals surface area contributed by atoms with Gasteiger partial charge in [-0.2, -0.15) is 20.5 Å². The van der Waals surface area contributed by atoms with E-state index in [0.717, 1.165) is 0 Å². The van der Waals surface area contributed by atoms with Crippen LogP contribution < -0.4 is 22.1 Å². The molecule has 0 saturated heterocycles. The first-order chi connectivity index (χ1) is 15.3. The van der Waals surface area contributed by atoms with Crippen molar-refractivity contribution in [1.82, 2.24) is 10.6 Å². The maximum Gasteiger partial charge on any atom is 0.249 e. The average molecular weight is 525 g/mol. The summed E-state index contributed by atoms with van der Waals surface area (Å²) in [5, 5.41) is 37.5. The van der Waals surface area contributed by atoms with Gasteiger partial charge in [0.25, 0.3) is 0 Å². The van der Waals surface area contributed by atoms with Gasteiger partial charge in [0.2, 0.25) is 23.6 Å². The van der Waals surface area contributed by atoms with Crippen LogP contribution in [0.2, 0.25) is 0 Å². The fourth-order valence-corrected chi connectivity index (χ4v) is 1.46. The summed E-state index contributed by atoms with van der Waals surface area (Å²) in [5.41, 5.74) is 5.63. The van der Waals surface area contributed by atoms with E-state index >= 15 is 0 Å². The lowest BCUT2D eigenvalue weighted by Gasteiger charge is -2.21. The van der Waals surface area contributed by atoms with Crippen molar-refractivity contribution in [2.24, 2.45) is 31.9 Å². The number of nitrogens with zero attached hydrogens (tertiary/aromatic N) is 4. The molecule has 0 rings (SSSR count). The molecule has 12 N–H and O–H groups in total. The van der Waals surface area contributed by atoms with E-state index < -0.39 is 34.0 Å². The van der Waals surface area contributed by atoms with Crippen molar-refractivity contribution in [2.45, 2.75) is 77.5 Å². The number of nitrogens with two attached hydrogens (primary N) is 2. The van der Waals surface area contributed by atoms with Gasteiger partial charge in [-0.1, -0.05) is 0 Å². The second-order valence-electron chi connectivity index (χ2n) is 9.32. The van der Waals surface area contributed by atoms with Gasteiger partial charge in [0.05, 0.1) is 13.2 Å². The fraction of sp³-hybridized carbons (Fsp3) is 0.800. The zero-order chi connectivity index (χ0) is 27.4. The number of azo groups is 2. The average Bonchev–Trinajstić information content (AvgIpc) is 2.73. The molecule has 0 spiro atoms. The number of rotatable bonds is 12. The SMILES string of the molecule is CC(C)(N=NC(C)(C)C(=O)NCCO)C(=O)NCCO.CC(C)(N=NC(C)(C)C(N)=O)C(N)=O.O.O. The second-order valence-corrected chi connectivity index (χ2v) is 9.32. The minimum atomic E-state index is -1.14. The summed E-state index contributed by atoms with van der Waals surface area (Å²) in [4.78, 5) is 45.3. The summed E-state index contributed by atoms with van der Waals surface area (Å²) in [7, 11) is 0. The van der Waals surface area contributed by atoms with E-state index in [1.807, 2.05) is 0 Å². The Morgan fingerprint density at radius 1 is 0.583 bits per heavy atom. The summed E-state index contributed by atoms with van der Waals surface area (Å²) in [6.45, 7) is 12.2. The quantitative estimate of drug-likeness (QED) is 0.150. The predicted molar refractivity (Wildman–Crippen MR) is 132 cm³/mol. The van der Waals surface area contributed by atoms with Crippen LogP contribution in [0.3, 0.4) is 0 Å². The summed E-state index contributed by atoms with van der Waals surface area (Å²) in [5.74, 6) is -1.99. The molecule has 0 unspecified atom stereocenters. The molecule has 0 aliphatic heterocycles. The van der Waals surface area contributed by atoms with Crippen LogP contribution in [-0.2, 0) is 19.2 Å². The first-order valence-corrected chi connectivity index (χ1v) is 10.5. The molecule has 16 heteroatoms. The van der Waals surface area contributed by atoms with E-state index in [1.54, 1.807) is 27.7 Å². The molecule has 212 valence electrons.